The van der Waals surface area contributed by atoms with Crippen LogP contribution in [0.5, 0.6) is 0 Å². The molecule has 180 valence electrons. The molecule has 0 saturated carbocycles. The molecule has 0 unspecified atom stereocenters. The van der Waals surface area contributed by atoms with Crippen LogP contribution in [0, 0.1) is 6.57 Å². The Bertz CT molecular complexity index is 1310. The Labute approximate surface area is 216 Å². The van der Waals surface area contributed by atoms with E-state index in [-0.39, 0.29) is 15.8 Å². The van der Waals surface area contributed by atoms with Crippen molar-refractivity contribution in [2.45, 2.75) is 12.3 Å². The van der Waals surface area contributed by atoms with Gasteiger partial charge in [0.1, 0.15) is 23.2 Å². The van der Waals surface area contributed by atoms with Gasteiger partial charge in [-0.1, -0.05) is 54.6 Å². The van der Waals surface area contributed by atoms with Gasteiger partial charge in [-0.2, -0.15) is 13.2 Å². The zero-order valence-electron chi connectivity index (χ0n) is 18.8. The lowest BCUT2D eigenvalue weighted by Crippen LogP contribution is -2.33. The summed E-state index contributed by atoms with van der Waals surface area (Å²) in [5.74, 6) is -2.07. The Balaban J connectivity index is 2.02. The van der Waals surface area contributed by atoms with Crippen molar-refractivity contribution in [3.63, 3.8) is 0 Å². The van der Waals surface area contributed by atoms with E-state index in [0.29, 0.717) is 11.7 Å². The van der Waals surface area contributed by atoms with Gasteiger partial charge < -0.3 is 5.32 Å². The molecule has 0 aromatic heterocycles. The lowest BCUT2D eigenvalue weighted by Gasteiger charge is -2.29. The highest BCUT2D eigenvalue weighted by Gasteiger charge is 2.46. The number of rotatable bonds is 6. The number of carbonyl (C=O) groups is 1. The summed E-state index contributed by atoms with van der Waals surface area (Å²) < 4.78 is 39.8. The molecule has 0 aliphatic carbocycles. The number of hydrogen-bond acceptors (Lipinski definition) is 1. The summed E-state index contributed by atoms with van der Waals surface area (Å²) in [5, 5.41) is 5.13. The van der Waals surface area contributed by atoms with Crippen molar-refractivity contribution in [1.82, 2.24) is 0 Å². The lowest BCUT2D eigenvalue weighted by atomic mass is 10.1. The van der Waals surface area contributed by atoms with Gasteiger partial charge in [-0.25, -0.2) is 4.85 Å². The average molecular weight is 568 g/mol. The molecule has 0 saturated heterocycles. The molecule has 1 amide bonds. The van der Waals surface area contributed by atoms with E-state index >= 15 is 0 Å². The fourth-order valence-electron chi connectivity index (χ4n) is 4.19. The summed E-state index contributed by atoms with van der Waals surface area (Å²) in [6, 6.07) is 32.5. The molecule has 4 rings (SSSR count). The van der Waals surface area contributed by atoms with E-state index in [9.17, 15) is 18.0 Å². The summed E-state index contributed by atoms with van der Waals surface area (Å²) in [6.07, 6.45) is -4.76. The van der Waals surface area contributed by atoms with Crippen LogP contribution < -0.4 is 21.2 Å². The summed E-state index contributed by atoms with van der Waals surface area (Å²) in [7, 11) is -2.49. The minimum atomic E-state index is -5.06. The van der Waals surface area contributed by atoms with E-state index in [0.717, 1.165) is 15.9 Å². The number of amides is 1. The van der Waals surface area contributed by atoms with Gasteiger partial charge in [-0.3, -0.25) is 4.79 Å². The number of benzene rings is 4. The van der Waals surface area contributed by atoms with E-state index < -0.39 is 19.3 Å². The third-order valence-electron chi connectivity index (χ3n) is 5.78. The molecule has 3 nitrogen and oxygen atoms in total. The van der Waals surface area contributed by atoms with Gasteiger partial charge in [0.05, 0.1) is 18.4 Å². The highest BCUT2D eigenvalue weighted by atomic mass is 79.9. The summed E-state index contributed by atoms with van der Waals surface area (Å²) in [5.41, 5.74) is 0.712. The predicted molar refractivity (Wildman–Crippen MR) is 144 cm³/mol. The minimum Gasteiger partial charge on any atom is -0.317 e. The SMILES string of the molecule is [C-]#[N+]c1cc(Br)c(NC(=O)C(F)(F)F)c(C[P+](c2ccccc2)(c2ccccc2)c2ccccc2)c1. The van der Waals surface area contributed by atoms with Crippen molar-refractivity contribution in [1.29, 1.82) is 0 Å². The van der Waals surface area contributed by atoms with Gasteiger partial charge in [-0.05, 0) is 64.5 Å². The summed E-state index contributed by atoms with van der Waals surface area (Å²) in [4.78, 5) is 15.5. The molecule has 4 aromatic carbocycles. The van der Waals surface area contributed by atoms with Crippen LogP contribution in [0.3, 0.4) is 0 Å². The third-order valence-corrected chi connectivity index (χ3v) is 10.8. The standard InChI is InChI=1S/C28H19BrF3N2OP/c1-33-21-17-20(26(25(29)18-21)34-27(35)28(30,31)32)19-36(22-11-5-2-6-12-22,23-13-7-3-8-14-23)24-15-9-4-10-16-24/h2-18H,19H2/p+1. The van der Waals surface area contributed by atoms with E-state index in [2.05, 4.69) is 26.1 Å². The van der Waals surface area contributed by atoms with Crippen LogP contribution >= 0.6 is 23.2 Å². The second-order valence-corrected chi connectivity index (χ2v) is 12.3. The van der Waals surface area contributed by atoms with Crippen LogP contribution in [-0.4, -0.2) is 12.1 Å². The Hall–Kier alpha value is -3.46. The Morgan fingerprint density at radius 3 is 1.67 bits per heavy atom. The second-order valence-electron chi connectivity index (χ2n) is 8.00. The number of nitrogens with zero attached hydrogens (tertiary/aromatic N) is 1. The zero-order valence-corrected chi connectivity index (χ0v) is 21.3. The highest BCUT2D eigenvalue weighted by Crippen LogP contribution is 2.59. The van der Waals surface area contributed by atoms with E-state index in [4.69, 9.17) is 6.57 Å². The van der Waals surface area contributed by atoms with Gasteiger partial charge >= 0.3 is 12.1 Å². The monoisotopic (exact) mass is 567 g/mol. The van der Waals surface area contributed by atoms with Crippen LogP contribution in [0.1, 0.15) is 5.56 Å². The van der Waals surface area contributed by atoms with Gasteiger partial charge in [0.15, 0.2) is 5.69 Å². The maximum Gasteiger partial charge on any atom is 0.471 e. The minimum absolute atomic E-state index is 0.0110. The smallest absolute Gasteiger partial charge is 0.317 e. The first-order chi connectivity index (χ1) is 17.3. The van der Waals surface area contributed by atoms with Gasteiger partial charge in [0.25, 0.3) is 0 Å². The number of alkyl halides is 3. The molecule has 0 bridgehead atoms. The zero-order chi connectivity index (χ0) is 25.8. The molecule has 0 radical (unpaired) electrons. The molecule has 0 aliphatic rings. The van der Waals surface area contributed by atoms with E-state index in [1.165, 1.54) is 6.07 Å². The molecule has 0 atom stereocenters. The van der Waals surface area contributed by atoms with Crippen molar-refractivity contribution >= 4 is 56.4 Å². The number of anilines is 1. The van der Waals surface area contributed by atoms with Gasteiger partial charge in [-0.15, -0.1) is 0 Å². The molecule has 8 heteroatoms. The lowest BCUT2D eigenvalue weighted by molar-refractivity contribution is -0.167. The van der Waals surface area contributed by atoms with E-state index in [1.807, 2.05) is 91.0 Å². The second kappa shape index (κ2) is 10.7. The molecular formula is C28H20BrF3N2OP+. The Kier molecular flexibility index (Phi) is 7.59. The fourth-order valence-corrected chi connectivity index (χ4v) is 9.02. The van der Waals surface area contributed by atoms with Crippen LogP contribution in [-0.2, 0) is 11.0 Å². The first-order valence-electron chi connectivity index (χ1n) is 10.9. The molecule has 1 N–H and O–H groups in total. The molecule has 0 spiro atoms. The van der Waals surface area contributed by atoms with Crippen molar-refractivity contribution in [3.05, 3.63) is 125 Å². The molecule has 0 heterocycles. The Morgan fingerprint density at radius 2 is 1.28 bits per heavy atom. The van der Waals surface area contributed by atoms with Crippen LogP contribution in [0.4, 0.5) is 24.5 Å². The fraction of sp³-hybridized carbons (Fsp3) is 0.0714. The normalized spacial score (nSPS) is 11.5. The predicted octanol–water partition coefficient (Wildman–Crippen LogP) is 6.99. The highest BCUT2D eigenvalue weighted by molar-refractivity contribution is 9.10. The van der Waals surface area contributed by atoms with E-state index in [1.54, 1.807) is 6.07 Å². The number of hydrogen-bond donors (Lipinski definition) is 1. The quantitative estimate of drug-likeness (QED) is 0.197. The summed E-state index contributed by atoms with van der Waals surface area (Å²) in [6.45, 7) is 7.52. The van der Waals surface area contributed by atoms with Crippen LogP contribution in [0.15, 0.2) is 108 Å². The van der Waals surface area contributed by atoms with Crippen molar-refractivity contribution in [3.8, 4) is 0 Å². The maximum absolute atomic E-state index is 13.2. The van der Waals surface area contributed by atoms with Crippen molar-refractivity contribution in [2.75, 3.05) is 5.32 Å². The van der Waals surface area contributed by atoms with Crippen molar-refractivity contribution in [2.24, 2.45) is 0 Å². The molecule has 0 aliphatic heterocycles. The Morgan fingerprint density at radius 1 is 0.833 bits per heavy atom. The first-order valence-corrected chi connectivity index (χ1v) is 13.7. The first kappa shape index (κ1) is 25.6. The number of carbonyl (C=O) groups excluding carboxylic acids is 1. The number of halogens is 4. The van der Waals surface area contributed by atoms with Gasteiger partial charge in [0, 0.05) is 10.0 Å². The molecule has 4 aromatic rings. The maximum atomic E-state index is 13.2. The average Bonchev–Trinajstić information content (AvgIpc) is 2.89. The molecule has 0 fully saturated rings. The van der Waals surface area contributed by atoms with Gasteiger partial charge in [0.2, 0.25) is 0 Å². The largest absolute Gasteiger partial charge is 0.471 e. The van der Waals surface area contributed by atoms with Crippen LogP contribution in [0.25, 0.3) is 4.85 Å². The van der Waals surface area contributed by atoms with Crippen LogP contribution in [0.2, 0.25) is 0 Å². The third kappa shape index (κ3) is 5.21. The summed E-state index contributed by atoms with van der Waals surface area (Å²) >= 11 is 3.30. The topological polar surface area (TPSA) is 33.5 Å². The molecule has 36 heavy (non-hydrogen) atoms. The molecular weight excluding hydrogens is 548 g/mol. The van der Waals surface area contributed by atoms with Crippen molar-refractivity contribution < 1.29 is 18.0 Å². The number of nitrogens with one attached hydrogen (secondary N) is 1.